The SMILES string of the molecule is Cc1cccc(N(c2ccccc2)c2ccc(Nc3ccc(-c4ccc(Nc5ccc(N(c6ccccc6)c6cccc(C)c6)cc5)c(-c5ccccc5)c4-c4ccccc4)cc3)cc2)c1. The van der Waals surface area contributed by atoms with Crippen LogP contribution in [0.25, 0.3) is 33.4 Å². The first-order valence-corrected chi connectivity index (χ1v) is 22.5. The minimum atomic E-state index is 1.01. The van der Waals surface area contributed by atoms with Crippen LogP contribution in [-0.2, 0) is 0 Å². The molecule has 0 atom stereocenters. The van der Waals surface area contributed by atoms with Gasteiger partial charge in [-0.1, -0.05) is 140 Å². The normalized spacial score (nSPS) is 10.9. The van der Waals surface area contributed by atoms with Gasteiger partial charge >= 0.3 is 0 Å². The van der Waals surface area contributed by atoms with E-state index < -0.39 is 0 Å². The van der Waals surface area contributed by atoms with Gasteiger partial charge in [0.15, 0.2) is 0 Å². The summed E-state index contributed by atoms with van der Waals surface area (Å²) in [6.45, 7) is 4.27. The molecular weight excluding hydrogens is 801 g/mol. The molecule has 0 saturated heterocycles. The van der Waals surface area contributed by atoms with E-state index in [1.165, 1.54) is 16.7 Å². The monoisotopic (exact) mass is 850 g/mol. The summed E-state index contributed by atoms with van der Waals surface area (Å²) in [6.07, 6.45) is 0. The van der Waals surface area contributed by atoms with Crippen LogP contribution in [0.15, 0.2) is 255 Å². The van der Waals surface area contributed by atoms with Gasteiger partial charge in [0, 0.05) is 62.4 Å². The zero-order valence-corrected chi connectivity index (χ0v) is 37.1. The molecule has 0 spiro atoms. The fourth-order valence-electron chi connectivity index (χ4n) is 8.78. The quantitative estimate of drug-likeness (QED) is 0.121. The smallest absolute Gasteiger partial charge is 0.0470 e. The number of anilines is 10. The van der Waals surface area contributed by atoms with Gasteiger partial charge in [-0.05, 0) is 168 Å². The average molecular weight is 851 g/mol. The van der Waals surface area contributed by atoms with Crippen molar-refractivity contribution in [2.75, 3.05) is 20.4 Å². The van der Waals surface area contributed by atoms with Gasteiger partial charge in [0.05, 0.1) is 0 Å². The second-order valence-electron chi connectivity index (χ2n) is 16.6. The van der Waals surface area contributed by atoms with Crippen LogP contribution in [0.3, 0.4) is 0 Å². The molecule has 0 aliphatic rings. The number of para-hydroxylation sites is 2. The number of nitrogens with zero attached hydrogens (tertiary/aromatic N) is 2. The summed E-state index contributed by atoms with van der Waals surface area (Å²) >= 11 is 0. The van der Waals surface area contributed by atoms with Gasteiger partial charge in [-0.15, -0.1) is 0 Å². The Hall–Kier alpha value is -8.60. The number of hydrogen-bond acceptors (Lipinski definition) is 4. The fourth-order valence-corrected chi connectivity index (χ4v) is 8.78. The number of benzene rings is 10. The van der Waals surface area contributed by atoms with Crippen LogP contribution < -0.4 is 20.4 Å². The molecule has 66 heavy (non-hydrogen) atoms. The van der Waals surface area contributed by atoms with Gasteiger partial charge in [0.1, 0.15) is 0 Å². The van der Waals surface area contributed by atoms with Crippen molar-refractivity contribution in [2.45, 2.75) is 13.8 Å². The summed E-state index contributed by atoms with van der Waals surface area (Å²) in [6, 6.07) is 90.5. The van der Waals surface area contributed by atoms with E-state index in [1.54, 1.807) is 0 Å². The molecule has 2 N–H and O–H groups in total. The molecule has 0 fully saturated rings. The molecule has 10 aromatic rings. The molecule has 0 aliphatic carbocycles. The van der Waals surface area contributed by atoms with Crippen LogP contribution in [0.5, 0.6) is 0 Å². The van der Waals surface area contributed by atoms with Crippen molar-refractivity contribution in [1.29, 1.82) is 0 Å². The van der Waals surface area contributed by atoms with E-state index in [2.05, 4.69) is 289 Å². The van der Waals surface area contributed by atoms with Crippen molar-refractivity contribution < 1.29 is 0 Å². The topological polar surface area (TPSA) is 30.5 Å². The Morgan fingerprint density at radius 3 is 1.11 bits per heavy atom. The largest absolute Gasteiger partial charge is 0.356 e. The Morgan fingerprint density at radius 1 is 0.273 bits per heavy atom. The summed E-state index contributed by atoms with van der Waals surface area (Å²) in [4.78, 5) is 4.60. The molecule has 0 bridgehead atoms. The van der Waals surface area contributed by atoms with E-state index in [-0.39, 0.29) is 0 Å². The van der Waals surface area contributed by atoms with Gasteiger partial charge < -0.3 is 20.4 Å². The Bertz CT molecular complexity index is 3170. The molecule has 4 heteroatoms. The van der Waals surface area contributed by atoms with E-state index in [9.17, 15) is 0 Å². The predicted molar refractivity (Wildman–Crippen MR) is 281 cm³/mol. The van der Waals surface area contributed by atoms with E-state index in [0.717, 1.165) is 84.7 Å². The fraction of sp³-hybridized carbons (Fsp3) is 0.0323. The van der Waals surface area contributed by atoms with E-state index in [4.69, 9.17) is 0 Å². The number of rotatable bonds is 13. The highest BCUT2D eigenvalue weighted by molar-refractivity contribution is 6.01. The van der Waals surface area contributed by atoms with E-state index in [0.29, 0.717) is 0 Å². The van der Waals surface area contributed by atoms with Gasteiger partial charge in [0.2, 0.25) is 0 Å². The van der Waals surface area contributed by atoms with Crippen LogP contribution >= 0.6 is 0 Å². The maximum absolute atomic E-state index is 3.85. The summed E-state index contributed by atoms with van der Waals surface area (Å²) in [5.41, 5.74) is 20.1. The summed E-state index contributed by atoms with van der Waals surface area (Å²) < 4.78 is 0. The minimum Gasteiger partial charge on any atom is -0.356 e. The molecule has 4 nitrogen and oxygen atoms in total. The maximum Gasteiger partial charge on any atom is 0.0470 e. The maximum atomic E-state index is 3.85. The Balaban J connectivity index is 0.965. The number of hydrogen-bond donors (Lipinski definition) is 2. The first-order valence-electron chi connectivity index (χ1n) is 22.5. The van der Waals surface area contributed by atoms with Crippen molar-refractivity contribution >= 4 is 56.9 Å². The molecule has 0 aliphatic heterocycles. The molecule has 10 aromatic carbocycles. The lowest BCUT2D eigenvalue weighted by molar-refractivity contribution is 1.27. The van der Waals surface area contributed by atoms with E-state index >= 15 is 0 Å². The predicted octanol–water partition coefficient (Wildman–Crippen LogP) is 17.7. The Labute approximate surface area is 388 Å². The van der Waals surface area contributed by atoms with Crippen molar-refractivity contribution in [3.63, 3.8) is 0 Å². The van der Waals surface area contributed by atoms with Crippen molar-refractivity contribution in [3.8, 4) is 33.4 Å². The molecule has 0 radical (unpaired) electrons. The molecule has 0 unspecified atom stereocenters. The molecular formula is C62H50N4. The second kappa shape index (κ2) is 19.0. The summed E-state index contributed by atoms with van der Waals surface area (Å²) in [7, 11) is 0. The first kappa shape index (κ1) is 41.4. The third-order valence-electron chi connectivity index (χ3n) is 11.9. The highest BCUT2D eigenvalue weighted by Gasteiger charge is 2.20. The zero-order chi connectivity index (χ0) is 44.7. The summed E-state index contributed by atoms with van der Waals surface area (Å²) in [5.74, 6) is 0. The third kappa shape index (κ3) is 9.08. The zero-order valence-electron chi connectivity index (χ0n) is 37.1. The van der Waals surface area contributed by atoms with Gasteiger partial charge in [0.25, 0.3) is 0 Å². The molecule has 0 heterocycles. The third-order valence-corrected chi connectivity index (χ3v) is 11.9. The van der Waals surface area contributed by atoms with Crippen molar-refractivity contribution in [1.82, 2.24) is 0 Å². The average Bonchev–Trinajstić information content (AvgIpc) is 3.37. The van der Waals surface area contributed by atoms with Crippen molar-refractivity contribution in [3.05, 3.63) is 266 Å². The lowest BCUT2D eigenvalue weighted by Crippen LogP contribution is -2.10. The number of aryl methyl sites for hydroxylation is 2. The highest BCUT2D eigenvalue weighted by atomic mass is 15.1. The van der Waals surface area contributed by atoms with Crippen molar-refractivity contribution in [2.24, 2.45) is 0 Å². The van der Waals surface area contributed by atoms with Gasteiger partial charge in [-0.3, -0.25) is 0 Å². The van der Waals surface area contributed by atoms with Crippen LogP contribution in [0, 0.1) is 13.8 Å². The van der Waals surface area contributed by atoms with E-state index in [1.807, 2.05) is 0 Å². The highest BCUT2D eigenvalue weighted by Crippen LogP contribution is 2.46. The van der Waals surface area contributed by atoms with Gasteiger partial charge in [-0.25, -0.2) is 0 Å². The van der Waals surface area contributed by atoms with Gasteiger partial charge in [-0.2, -0.15) is 0 Å². The first-order chi connectivity index (χ1) is 32.5. The lowest BCUT2D eigenvalue weighted by atomic mass is 9.86. The number of nitrogens with one attached hydrogen (secondary N) is 2. The molecule has 0 saturated carbocycles. The standard InChI is InChI=1S/C62H50N4/c1-45-17-15-27-57(43-45)65(53-23-11-5-12-24-53)55-37-33-51(34-38-55)63-50-31-29-47(30-32-50)59-41-42-60(62(49-21-9-4-10-22-49)61(59)48-19-7-3-8-20-48)64-52-35-39-56(40-36-52)66(54-25-13-6-14-26-54)58-28-16-18-46(2)44-58/h3-44,63-64H,1-2H3. The summed E-state index contributed by atoms with van der Waals surface area (Å²) in [5, 5.41) is 7.51. The molecule has 0 aromatic heterocycles. The molecule has 0 amide bonds. The molecule has 10 rings (SSSR count). The minimum absolute atomic E-state index is 1.01. The molecule has 318 valence electrons. The lowest BCUT2D eigenvalue weighted by Gasteiger charge is -2.26. The second-order valence-corrected chi connectivity index (χ2v) is 16.6. The van der Waals surface area contributed by atoms with Crippen LogP contribution in [0.4, 0.5) is 56.9 Å². The Kier molecular flexibility index (Phi) is 11.9. The van der Waals surface area contributed by atoms with Crippen LogP contribution in [0.2, 0.25) is 0 Å². The van der Waals surface area contributed by atoms with Crippen LogP contribution in [-0.4, -0.2) is 0 Å². The van der Waals surface area contributed by atoms with Crippen LogP contribution in [0.1, 0.15) is 11.1 Å². The Morgan fingerprint density at radius 2 is 0.652 bits per heavy atom.